The zero-order valence-corrected chi connectivity index (χ0v) is 18.2. The summed E-state index contributed by atoms with van der Waals surface area (Å²) in [5.74, 6) is -0.169. The van der Waals surface area contributed by atoms with Crippen LogP contribution in [-0.4, -0.2) is 26.7 Å². The van der Waals surface area contributed by atoms with Gasteiger partial charge in [-0.05, 0) is 53.4 Å². The van der Waals surface area contributed by atoms with E-state index in [0.29, 0.717) is 11.3 Å². The Hall–Kier alpha value is -3.37. The predicted molar refractivity (Wildman–Crippen MR) is 118 cm³/mol. The van der Waals surface area contributed by atoms with Crippen LogP contribution < -0.4 is 14.8 Å². The molecule has 0 unspecified atom stereocenters. The lowest BCUT2D eigenvalue weighted by Gasteiger charge is -2.09. The predicted octanol–water partition coefficient (Wildman–Crippen LogP) is 3.77. The van der Waals surface area contributed by atoms with Crippen molar-refractivity contribution in [1.29, 1.82) is 0 Å². The number of benzene rings is 2. The van der Waals surface area contributed by atoms with E-state index in [0.717, 1.165) is 16.7 Å². The molecule has 0 saturated heterocycles. The summed E-state index contributed by atoms with van der Waals surface area (Å²) in [6.45, 7) is 0.497. The lowest BCUT2D eigenvalue weighted by Crippen LogP contribution is -2.23. The third-order valence-corrected chi connectivity index (χ3v) is 5.28. The van der Waals surface area contributed by atoms with Gasteiger partial charge in [0.2, 0.25) is 0 Å². The Morgan fingerprint density at radius 3 is 2.32 bits per heavy atom. The average molecular weight is 461 g/mol. The molecule has 31 heavy (non-hydrogen) atoms. The fraction of sp³-hybridized carbons (Fsp3) is 0.143. The number of ether oxygens (including phenoxy) is 1. The summed E-state index contributed by atoms with van der Waals surface area (Å²) >= 11 is 1.51. The monoisotopic (exact) mass is 460 g/mol. The minimum Gasteiger partial charge on any atom is -0.444 e. The topological polar surface area (TPSA) is 111 Å². The van der Waals surface area contributed by atoms with Crippen molar-refractivity contribution in [2.24, 2.45) is 0 Å². The summed E-state index contributed by atoms with van der Waals surface area (Å²) < 4.78 is 32.1. The van der Waals surface area contributed by atoms with Crippen LogP contribution in [0.25, 0.3) is 0 Å². The van der Waals surface area contributed by atoms with Gasteiger partial charge in [-0.2, -0.15) is 8.42 Å². The summed E-state index contributed by atoms with van der Waals surface area (Å²) in [5, 5.41) is 7.29. The van der Waals surface area contributed by atoms with E-state index in [4.69, 9.17) is 8.92 Å². The maximum absolute atomic E-state index is 12.4. The number of carbonyl (C=O) groups is 2. The Kier molecular flexibility index (Phi) is 7.27. The fourth-order valence-electron chi connectivity index (χ4n) is 2.50. The molecular weight excluding hydrogens is 440 g/mol. The van der Waals surface area contributed by atoms with Crippen LogP contribution >= 0.6 is 11.3 Å². The Morgan fingerprint density at radius 1 is 1.00 bits per heavy atom. The van der Waals surface area contributed by atoms with E-state index < -0.39 is 16.2 Å². The maximum atomic E-state index is 12.4. The largest absolute Gasteiger partial charge is 0.444 e. The number of rotatable bonds is 8. The summed E-state index contributed by atoms with van der Waals surface area (Å²) in [6.07, 6.45) is 0.439. The molecule has 0 aliphatic heterocycles. The van der Waals surface area contributed by atoms with E-state index >= 15 is 0 Å². The Labute approximate surface area is 183 Å². The highest BCUT2D eigenvalue weighted by molar-refractivity contribution is 7.86. The number of hydrogen-bond donors (Lipinski definition) is 2. The quantitative estimate of drug-likeness (QED) is 0.495. The number of alkyl carbamates (subject to hydrolysis) is 1. The molecule has 8 nitrogen and oxygen atoms in total. The number of anilines is 1. The first-order chi connectivity index (χ1) is 14.8. The van der Waals surface area contributed by atoms with Crippen LogP contribution in [-0.2, 0) is 28.0 Å². The molecule has 0 aliphatic rings. The fourth-order valence-corrected chi connectivity index (χ4v) is 3.58. The molecule has 0 radical (unpaired) electrons. The highest BCUT2D eigenvalue weighted by Crippen LogP contribution is 2.18. The second-order valence-electron chi connectivity index (χ2n) is 6.47. The number of thiophene rings is 1. The molecule has 3 rings (SSSR count). The standard InChI is InChI=1S/C21H20N2O6S2/c1-31(26,27)29-18-10-8-17(9-11-18)23-20(24)16-6-4-15(5-7-16)13-22-21(25)28-14-19-3-2-12-30-19/h2-12H,13-14H2,1H3,(H,22,25)(H,23,24). The van der Waals surface area contributed by atoms with Crippen LogP contribution in [0.2, 0.25) is 0 Å². The van der Waals surface area contributed by atoms with Gasteiger partial charge in [-0.15, -0.1) is 11.3 Å². The zero-order valence-electron chi connectivity index (χ0n) is 16.5. The van der Waals surface area contributed by atoms with Gasteiger partial charge in [-0.25, -0.2) is 4.79 Å². The van der Waals surface area contributed by atoms with Gasteiger partial charge in [0, 0.05) is 22.7 Å². The molecule has 0 fully saturated rings. The van der Waals surface area contributed by atoms with Crippen LogP contribution in [0.4, 0.5) is 10.5 Å². The lowest BCUT2D eigenvalue weighted by atomic mass is 10.1. The third kappa shape index (κ3) is 7.43. The first-order valence-electron chi connectivity index (χ1n) is 9.11. The first-order valence-corrected chi connectivity index (χ1v) is 11.8. The number of amides is 2. The zero-order chi connectivity index (χ0) is 22.3. The third-order valence-electron chi connectivity index (χ3n) is 3.94. The van der Waals surface area contributed by atoms with Crippen molar-refractivity contribution < 1.29 is 26.9 Å². The molecule has 0 bridgehead atoms. The molecular formula is C21H20N2O6S2. The molecule has 0 atom stereocenters. The normalized spacial score (nSPS) is 10.9. The number of nitrogens with one attached hydrogen (secondary N) is 2. The first kappa shape index (κ1) is 22.3. The minimum absolute atomic E-state index is 0.159. The molecule has 2 N–H and O–H groups in total. The van der Waals surface area contributed by atoms with Gasteiger partial charge in [0.05, 0.1) is 6.26 Å². The van der Waals surface area contributed by atoms with Gasteiger partial charge in [-0.3, -0.25) is 4.79 Å². The van der Waals surface area contributed by atoms with E-state index in [1.807, 2.05) is 17.5 Å². The highest BCUT2D eigenvalue weighted by Gasteiger charge is 2.09. The molecule has 0 saturated carbocycles. The molecule has 2 amide bonds. The second kappa shape index (κ2) is 10.1. The van der Waals surface area contributed by atoms with Crippen molar-refractivity contribution in [3.8, 4) is 5.75 Å². The molecule has 162 valence electrons. The molecule has 3 aromatic rings. The Bertz CT molecular complexity index is 1130. The van der Waals surface area contributed by atoms with Gasteiger partial charge < -0.3 is 19.6 Å². The molecule has 1 heterocycles. The van der Waals surface area contributed by atoms with Crippen molar-refractivity contribution in [2.75, 3.05) is 11.6 Å². The number of hydrogen-bond acceptors (Lipinski definition) is 7. The lowest BCUT2D eigenvalue weighted by molar-refractivity contribution is 0.102. The van der Waals surface area contributed by atoms with Crippen LogP contribution in [0.3, 0.4) is 0 Å². The summed E-state index contributed by atoms with van der Waals surface area (Å²) in [5.41, 5.74) is 1.73. The van der Waals surface area contributed by atoms with Gasteiger partial charge in [0.1, 0.15) is 12.4 Å². The Morgan fingerprint density at radius 2 is 1.71 bits per heavy atom. The van der Waals surface area contributed by atoms with Crippen LogP contribution in [0.15, 0.2) is 66.0 Å². The van der Waals surface area contributed by atoms with Gasteiger partial charge in [0.15, 0.2) is 0 Å². The summed E-state index contributed by atoms with van der Waals surface area (Å²) in [4.78, 5) is 25.1. The summed E-state index contributed by atoms with van der Waals surface area (Å²) in [7, 11) is -3.61. The highest BCUT2D eigenvalue weighted by atomic mass is 32.2. The molecule has 2 aromatic carbocycles. The molecule has 0 aliphatic carbocycles. The minimum atomic E-state index is -3.61. The molecule has 10 heteroatoms. The van der Waals surface area contributed by atoms with Crippen molar-refractivity contribution >= 4 is 39.1 Å². The van der Waals surface area contributed by atoms with Crippen LogP contribution in [0.5, 0.6) is 5.75 Å². The SMILES string of the molecule is CS(=O)(=O)Oc1ccc(NC(=O)c2ccc(CNC(=O)OCc3cccs3)cc2)cc1. The maximum Gasteiger partial charge on any atom is 0.407 e. The van der Waals surface area contributed by atoms with Crippen molar-refractivity contribution in [1.82, 2.24) is 5.32 Å². The molecule has 1 aromatic heterocycles. The summed E-state index contributed by atoms with van der Waals surface area (Å²) in [6, 6.07) is 16.5. The second-order valence-corrected chi connectivity index (χ2v) is 9.08. The van der Waals surface area contributed by atoms with Gasteiger partial charge in [-0.1, -0.05) is 18.2 Å². The van der Waals surface area contributed by atoms with Crippen molar-refractivity contribution in [2.45, 2.75) is 13.2 Å². The van der Waals surface area contributed by atoms with E-state index in [1.165, 1.54) is 23.5 Å². The van der Waals surface area contributed by atoms with Gasteiger partial charge >= 0.3 is 16.2 Å². The Balaban J connectivity index is 1.47. The van der Waals surface area contributed by atoms with Crippen molar-refractivity contribution in [3.63, 3.8) is 0 Å². The van der Waals surface area contributed by atoms with Gasteiger partial charge in [0.25, 0.3) is 5.91 Å². The smallest absolute Gasteiger partial charge is 0.407 e. The van der Waals surface area contributed by atoms with E-state index in [2.05, 4.69) is 10.6 Å². The molecule has 0 spiro atoms. The van der Waals surface area contributed by atoms with E-state index in [-0.39, 0.29) is 24.8 Å². The van der Waals surface area contributed by atoms with Crippen LogP contribution in [0.1, 0.15) is 20.8 Å². The van der Waals surface area contributed by atoms with E-state index in [1.54, 1.807) is 36.4 Å². The van der Waals surface area contributed by atoms with Crippen LogP contribution in [0, 0.1) is 0 Å². The van der Waals surface area contributed by atoms with Crippen molar-refractivity contribution in [3.05, 3.63) is 82.0 Å². The van der Waals surface area contributed by atoms with E-state index in [9.17, 15) is 18.0 Å². The number of carbonyl (C=O) groups excluding carboxylic acids is 2. The average Bonchev–Trinajstić information content (AvgIpc) is 3.25.